The third kappa shape index (κ3) is 6.17. The minimum Gasteiger partial charge on any atom is -0.497 e. The van der Waals surface area contributed by atoms with Crippen molar-refractivity contribution in [2.45, 2.75) is 73.8 Å². The second-order valence-corrected chi connectivity index (χ2v) is 12.7. The Bertz CT molecular complexity index is 1340. The molecular formula is C28H35F2N3O6S. The zero-order valence-corrected chi connectivity index (χ0v) is 23.3. The van der Waals surface area contributed by atoms with Crippen molar-refractivity contribution in [3.05, 3.63) is 42.0 Å². The van der Waals surface area contributed by atoms with Crippen LogP contribution in [0.3, 0.4) is 0 Å². The van der Waals surface area contributed by atoms with Crippen LogP contribution < -0.4 is 19.1 Å². The molecule has 2 saturated carbocycles. The molecule has 1 aromatic heterocycles. The lowest BCUT2D eigenvalue weighted by atomic mass is 9.82. The van der Waals surface area contributed by atoms with E-state index in [1.807, 2.05) is 4.90 Å². The number of benzene rings is 1. The van der Waals surface area contributed by atoms with E-state index in [1.54, 1.807) is 30.3 Å². The van der Waals surface area contributed by atoms with E-state index in [9.17, 15) is 27.1 Å². The number of aliphatic hydroxyl groups excluding tert-OH is 1. The van der Waals surface area contributed by atoms with Gasteiger partial charge in [-0.3, -0.25) is 4.79 Å². The number of nitrogens with one attached hydrogen (secondary N) is 1. The number of pyridine rings is 1. The lowest BCUT2D eigenvalue weighted by Gasteiger charge is -2.32. The Morgan fingerprint density at radius 1 is 1.15 bits per heavy atom. The second kappa shape index (κ2) is 11.1. The first kappa shape index (κ1) is 28.5. The summed E-state index contributed by atoms with van der Waals surface area (Å²) >= 11 is 0. The van der Waals surface area contributed by atoms with Crippen molar-refractivity contribution < 1.29 is 36.6 Å². The molecule has 1 aromatic carbocycles. The normalized spacial score (nSPS) is 22.4. The number of halogens is 2. The number of carbonyl (C=O) groups excluding carboxylic acids is 1. The molecule has 2 N–H and O–H groups in total. The first-order valence-corrected chi connectivity index (χ1v) is 15.2. The molecule has 12 heteroatoms. The van der Waals surface area contributed by atoms with Crippen LogP contribution in [0, 0.1) is 5.92 Å². The number of nitrogens with zero attached hydrogens (tertiary/aromatic N) is 2. The van der Waals surface area contributed by atoms with Crippen LogP contribution in [0.2, 0.25) is 0 Å². The van der Waals surface area contributed by atoms with Crippen LogP contribution in [0.5, 0.6) is 11.5 Å². The number of ether oxygens (including phenoxy) is 2. The fourth-order valence-corrected chi connectivity index (χ4v) is 6.54. The fourth-order valence-electron chi connectivity index (χ4n) is 5.54. The van der Waals surface area contributed by atoms with Crippen molar-refractivity contribution in [1.29, 1.82) is 0 Å². The maximum Gasteiger partial charge on any atom is 0.281 e. The second-order valence-electron chi connectivity index (χ2n) is 11.0. The molecule has 40 heavy (non-hydrogen) atoms. The molecule has 9 nitrogen and oxygen atoms in total. The van der Waals surface area contributed by atoms with Crippen molar-refractivity contribution in [2.75, 3.05) is 31.7 Å². The zero-order chi connectivity index (χ0) is 28.5. The third-order valence-electron chi connectivity index (χ3n) is 8.11. The predicted octanol–water partition coefficient (Wildman–Crippen LogP) is 4.01. The number of alkyl halides is 2. The highest BCUT2D eigenvalue weighted by Gasteiger charge is 2.55. The van der Waals surface area contributed by atoms with E-state index >= 15 is 0 Å². The van der Waals surface area contributed by atoms with Crippen molar-refractivity contribution >= 4 is 21.7 Å². The quantitative estimate of drug-likeness (QED) is 0.458. The number of hydrogen-bond donors (Lipinski definition) is 2. The van der Waals surface area contributed by atoms with Gasteiger partial charge in [-0.15, -0.1) is 0 Å². The largest absolute Gasteiger partial charge is 0.497 e. The van der Waals surface area contributed by atoms with E-state index in [0.29, 0.717) is 48.8 Å². The van der Waals surface area contributed by atoms with Gasteiger partial charge in [-0.1, -0.05) is 12.1 Å². The van der Waals surface area contributed by atoms with E-state index in [-0.39, 0.29) is 49.2 Å². The van der Waals surface area contributed by atoms with Gasteiger partial charge in [0.1, 0.15) is 17.3 Å². The molecule has 3 fully saturated rings. The fraction of sp³-hybridized carbons (Fsp3) is 0.571. The first-order valence-electron chi connectivity index (χ1n) is 13.7. The smallest absolute Gasteiger partial charge is 0.281 e. The van der Waals surface area contributed by atoms with Crippen molar-refractivity contribution in [1.82, 2.24) is 9.71 Å². The standard InChI is InChI=1S/C28H35F2N3O6S/c1-38-21-7-8-22(20-9-11-28(29,30)12-10-20)23(16-21)39-27(13-14-27)26(35)32-40(36,37)25-6-2-5-24(31-25)33-15-3-4-19(17-33)18-34/h2,5-8,16,19-20,34H,3-4,9-15,17-18H2,1H3,(H,32,35). The number of rotatable bonds is 9. The molecule has 1 aliphatic heterocycles. The average Bonchev–Trinajstić information content (AvgIpc) is 3.74. The van der Waals surface area contributed by atoms with Crippen LogP contribution >= 0.6 is 0 Å². The number of amides is 1. The number of sulfonamides is 1. The number of carbonyl (C=O) groups is 1. The molecule has 2 heterocycles. The molecule has 218 valence electrons. The molecule has 1 unspecified atom stereocenters. The Labute approximate surface area is 232 Å². The maximum atomic E-state index is 13.8. The summed E-state index contributed by atoms with van der Waals surface area (Å²) in [5, 5.41) is 9.24. The number of aliphatic hydroxyl groups is 1. The molecule has 5 rings (SSSR count). The lowest BCUT2D eigenvalue weighted by molar-refractivity contribution is -0.128. The van der Waals surface area contributed by atoms with Crippen molar-refractivity contribution in [3.63, 3.8) is 0 Å². The Hall–Kier alpha value is -2.99. The highest BCUT2D eigenvalue weighted by Crippen LogP contribution is 2.47. The number of methoxy groups -OCH3 is 1. The van der Waals surface area contributed by atoms with Gasteiger partial charge in [0.15, 0.2) is 10.6 Å². The van der Waals surface area contributed by atoms with E-state index in [0.717, 1.165) is 12.8 Å². The van der Waals surface area contributed by atoms with Gasteiger partial charge >= 0.3 is 0 Å². The summed E-state index contributed by atoms with van der Waals surface area (Å²) in [6.07, 6.45) is 2.47. The number of piperidine rings is 1. The maximum absolute atomic E-state index is 13.8. The van der Waals surface area contributed by atoms with Crippen LogP contribution in [0.4, 0.5) is 14.6 Å². The number of aromatic nitrogens is 1. The third-order valence-corrected chi connectivity index (χ3v) is 9.35. The van der Waals surface area contributed by atoms with Crippen LogP contribution in [0.25, 0.3) is 0 Å². The molecule has 0 spiro atoms. The Balaban J connectivity index is 1.32. The molecule has 1 amide bonds. The molecule has 1 atom stereocenters. The van der Waals surface area contributed by atoms with E-state index in [2.05, 4.69) is 9.71 Å². The molecule has 0 radical (unpaired) electrons. The van der Waals surface area contributed by atoms with Crippen molar-refractivity contribution in [2.24, 2.45) is 5.92 Å². The van der Waals surface area contributed by atoms with Crippen LogP contribution in [0.1, 0.15) is 62.8 Å². The van der Waals surface area contributed by atoms with Gasteiger partial charge in [0.05, 0.1) is 7.11 Å². The van der Waals surface area contributed by atoms with Gasteiger partial charge in [0.25, 0.3) is 15.9 Å². The summed E-state index contributed by atoms with van der Waals surface area (Å²) in [4.78, 5) is 19.5. The average molecular weight is 580 g/mol. The van der Waals surface area contributed by atoms with Crippen LogP contribution in [-0.2, 0) is 14.8 Å². The lowest BCUT2D eigenvalue weighted by Crippen LogP contribution is -2.44. The van der Waals surface area contributed by atoms with Crippen LogP contribution in [0.15, 0.2) is 41.4 Å². The van der Waals surface area contributed by atoms with E-state index < -0.39 is 27.5 Å². The topological polar surface area (TPSA) is 118 Å². The SMILES string of the molecule is COc1ccc(C2CCC(F)(F)CC2)c(OC2(C(=O)NS(=O)(=O)c3cccc(N4CCCC(CO)C4)n3)CC2)c1. The highest BCUT2D eigenvalue weighted by atomic mass is 32.2. The highest BCUT2D eigenvalue weighted by molar-refractivity contribution is 7.90. The molecular weight excluding hydrogens is 544 g/mol. The van der Waals surface area contributed by atoms with E-state index in [4.69, 9.17) is 9.47 Å². The molecule has 0 bridgehead atoms. The minimum absolute atomic E-state index is 0.0505. The molecule has 1 saturated heterocycles. The minimum atomic E-state index is -4.31. The van der Waals surface area contributed by atoms with Gasteiger partial charge in [-0.2, -0.15) is 8.42 Å². The van der Waals surface area contributed by atoms with Gasteiger partial charge < -0.3 is 19.5 Å². The Morgan fingerprint density at radius 2 is 1.90 bits per heavy atom. The summed E-state index contributed by atoms with van der Waals surface area (Å²) in [6, 6.07) is 9.72. The molecule has 2 aromatic rings. The van der Waals surface area contributed by atoms with Gasteiger partial charge in [0.2, 0.25) is 5.92 Å². The Kier molecular flexibility index (Phi) is 7.93. The molecule has 2 aliphatic carbocycles. The van der Waals surface area contributed by atoms with Gasteiger partial charge in [-0.05, 0) is 61.3 Å². The monoisotopic (exact) mass is 579 g/mol. The van der Waals surface area contributed by atoms with Crippen molar-refractivity contribution in [3.8, 4) is 11.5 Å². The Morgan fingerprint density at radius 3 is 2.58 bits per heavy atom. The summed E-state index contributed by atoms with van der Waals surface area (Å²) in [5.74, 6) is -2.29. The summed E-state index contributed by atoms with van der Waals surface area (Å²) in [6.45, 7) is 1.31. The number of anilines is 1. The predicted molar refractivity (Wildman–Crippen MR) is 143 cm³/mol. The summed E-state index contributed by atoms with van der Waals surface area (Å²) in [7, 11) is -2.82. The summed E-state index contributed by atoms with van der Waals surface area (Å²) in [5.41, 5.74) is -0.693. The molecule has 3 aliphatic rings. The first-order chi connectivity index (χ1) is 19.0. The summed E-state index contributed by atoms with van der Waals surface area (Å²) < 4.78 is 67.6. The van der Waals surface area contributed by atoms with Crippen LogP contribution in [-0.4, -0.2) is 62.7 Å². The number of hydrogen-bond acceptors (Lipinski definition) is 8. The van der Waals surface area contributed by atoms with Gasteiger partial charge in [-0.25, -0.2) is 18.5 Å². The zero-order valence-electron chi connectivity index (χ0n) is 22.4. The van der Waals surface area contributed by atoms with Gasteiger partial charge in [0, 0.05) is 51.4 Å². The van der Waals surface area contributed by atoms with E-state index in [1.165, 1.54) is 13.2 Å².